The molecule has 0 amide bonds. The van der Waals surface area contributed by atoms with E-state index in [0.29, 0.717) is 51.4 Å². The van der Waals surface area contributed by atoms with Crippen LogP contribution >= 0.6 is 27.5 Å². The molecule has 2 heterocycles. The summed E-state index contributed by atoms with van der Waals surface area (Å²) in [4.78, 5) is 13.1. The summed E-state index contributed by atoms with van der Waals surface area (Å²) in [6, 6.07) is 10.5. The number of hydrogen-bond acceptors (Lipinski definition) is 8. The van der Waals surface area contributed by atoms with Crippen LogP contribution in [0.3, 0.4) is 0 Å². The van der Waals surface area contributed by atoms with E-state index in [2.05, 4.69) is 36.8 Å². The number of fused-ring (bicyclic) bond motifs is 1. The first-order valence-corrected chi connectivity index (χ1v) is 12.3. The van der Waals surface area contributed by atoms with Crippen LogP contribution in [0.2, 0.25) is 5.02 Å². The molecule has 1 unspecified atom stereocenters. The van der Waals surface area contributed by atoms with E-state index in [0.717, 1.165) is 24.0 Å². The Balaban J connectivity index is 1.69. The lowest BCUT2D eigenvalue weighted by Gasteiger charge is -2.28. The summed E-state index contributed by atoms with van der Waals surface area (Å²) in [5.74, 6) is 1.03. The van der Waals surface area contributed by atoms with Crippen LogP contribution in [0.15, 0.2) is 52.1 Å². The summed E-state index contributed by atoms with van der Waals surface area (Å²) < 4.78 is 19.5. The first-order valence-electron chi connectivity index (χ1n) is 11.1. The number of halogens is 2. The predicted molar refractivity (Wildman–Crippen MR) is 135 cm³/mol. The second-order valence-electron chi connectivity index (χ2n) is 7.95. The molecule has 0 saturated heterocycles. The van der Waals surface area contributed by atoms with E-state index in [9.17, 15) is 4.79 Å². The third kappa shape index (κ3) is 5.43. The number of carbonyl (C=O) groups excluding carboxylic acids is 1. The number of allylic oxidation sites excluding steroid dienone is 1. The summed E-state index contributed by atoms with van der Waals surface area (Å²) in [7, 11) is 1.56. The molecular weight excluding hydrogens is 538 g/mol. The van der Waals surface area contributed by atoms with E-state index >= 15 is 0 Å². The number of nitrogens with zero attached hydrogens (tertiary/aromatic N) is 4. The van der Waals surface area contributed by atoms with Gasteiger partial charge in [-0.05, 0) is 75.1 Å². The van der Waals surface area contributed by atoms with E-state index in [1.54, 1.807) is 18.7 Å². The van der Waals surface area contributed by atoms with Gasteiger partial charge in [0.15, 0.2) is 11.5 Å². The van der Waals surface area contributed by atoms with Gasteiger partial charge in [0.2, 0.25) is 5.95 Å². The zero-order valence-corrected chi connectivity index (χ0v) is 21.9. The monoisotopic (exact) mass is 561 g/mol. The Morgan fingerprint density at radius 2 is 2.03 bits per heavy atom. The molecule has 2 aromatic carbocycles. The van der Waals surface area contributed by atoms with Gasteiger partial charge in [0, 0.05) is 10.7 Å². The summed E-state index contributed by atoms with van der Waals surface area (Å²) in [6.07, 6.45) is 1.71. The number of unbranched alkanes of at least 4 members (excludes halogenated alkanes) is 1. The lowest BCUT2D eigenvalue weighted by Crippen LogP contribution is -2.30. The quantitative estimate of drug-likeness (QED) is 0.277. The number of nitrogens with one attached hydrogen (secondary N) is 1. The standard InChI is InChI=1S/C24H25BrClN5O4/c1-4-5-10-34-23(32)20-14(2)27-24-28-29-30-31(24)21(20)16-11-18(25)22(19(12-16)33-3)35-13-15-6-8-17(26)9-7-15/h6-9,11-12,21H,4-5,10,13H2,1-3H3,(H,27,28,30). The number of methoxy groups -OCH3 is 1. The number of carbonyl (C=O) groups is 1. The van der Waals surface area contributed by atoms with E-state index in [4.69, 9.17) is 25.8 Å². The lowest BCUT2D eigenvalue weighted by atomic mass is 9.95. The second kappa shape index (κ2) is 11.1. The molecule has 0 aliphatic carbocycles. The maximum atomic E-state index is 13.1. The Kier molecular flexibility index (Phi) is 7.92. The SMILES string of the molecule is CCCCOC(=O)C1=C(C)Nc2nnnn2C1c1cc(Br)c(OCc2ccc(Cl)cc2)c(OC)c1. The van der Waals surface area contributed by atoms with Gasteiger partial charge < -0.3 is 19.5 Å². The number of hydrogen-bond donors (Lipinski definition) is 1. The molecule has 35 heavy (non-hydrogen) atoms. The van der Waals surface area contributed by atoms with Gasteiger partial charge in [-0.2, -0.15) is 4.68 Å². The Morgan fingerprint density at radius 1 is 1.26 bits per heavy atom. The van der Waals surface area contributed by atoms with Gasteiger partial charge in [0.05, 0.1) is 23.8 Å². The second-order valence-corrected chi connectivity index (χ2v) is 9.24. The van der Waals surface area contributed by atoms with E-state index < -0.39 is 12.0 Å². The van der Waals surface area contributed by atoms with Crippen LogP contribution in [0.1, 0.15) is 43.9 Å². The first-order chi connectivity index (χ1) is 16.9. The van der Waals surface area contributed by atoms with E-state index in [1.165, 1.54) is 0 Å². The Morgan fingerprint density at radius 3 is 2.74 bits per heavy atom. The van der Waals surface area contributed by atoms with Crippen molar-refractivity contribution >= 4 is 39.4 Å². The maximum absolute atomic E-state index is 13.1. The van der Waals surface area contributed by atoms with Crippen molar-refractivity contribution < 1.29 is 19.0 Å². The number of ether oxygens (including phenoxy) is 3. The molecule has 0 saturated carbocycles. The van der Waals surface area contributed by atoms with Crippen molar-refractivity contribution in [1.29, 1.82) is 0 Å². The number of anilines is 1. The van der Waals surface area contributed by atoms with Gasteiger partial charge in [-0.15, -0.1) is 0 Å². The molecule has 184 valence electrons. The van der Waals surface area contributed by atoms with Crippen molar-refractivity contribution in [3.05, 3.63) is 68.3 Å². The Hall–Kier alpha value is -3.11. The van der Waals surface area contributed by atoms with Gasteiger partial charge >= 0.3 is 5.97 Å². The molecule has 0 radical (unpaired) electrons. The average molecular weight is 563 g/mol. The predicted octanol–water partition coefficient (Wildman–Crippen LogP) is 5.31. The number of benzene rings is 2. The van der Waals surface area contributed by atoms with Gasteiger partial charge in [0.1, 0.15) is 12.6 Å². The fraction of sp³-hybridized carbons (Fsp3) is 0.333. The molecular formula is C24H25BrClN5O4. The van der Waals surface area contributed by atoms with Crippen LogP contribution in [0.25, 0.3) is 0 Å². The summed E-state index contributed by atoms with van der Waals surface area (Å²) in [5, 5.41) is 15.7. The van der Waals surface area contributed by atoms with Crippen molar-refractivity contribution in [3.8, 4) is 11.5 Å². The highest BCUT2D eigenvalue weighted by atomic mass is 79.9. The molecule has 1 aliphatic rings. The molecule has 9 nitrogen and oxygen atoms in total. The lowest BCUT2D eigenvalue weighted by molar-refractivity contribution is -0.139. The van der Waals surface area contributed by atoms with Gasteiger partial charge in [-0.3, -0.25) is 0 Å². The van der Waals surface area contributed by atoms with Gasteiger partial charge in [-0.1, -0.05) is 42.2 Å². The van der Waals surface area contributed by atoms with Crippen LogP contribution in [-0.4, -0.2) is 39.9 Å². The molecule has 0 spiro atoms. The van der Waals surface area contributed by atoms with Gasteiger partial charge in [-0.25, -0.2) is 4.79 Å². The average Bonchev–Trinajstić information content (AvgIpc) is 3.31. The van der Waals surface area contributed by atoms with Crippen LogP contribution in [0.5, 0.6) is 11.5 Å². The largest absolute Gasteiger partial charge is 0.493 e. The van der Waals surface area contributed by atoms with Crippen molar-refractivity contribution in [1.82, 2.24) is 20.2 Å². The van der Waals surface area contributed by atoms with Crippen LogP contribution < -0.4 is 14.8 Å². The van der Waals surface area contributed by atoms with Crippen molar-refractivity contribution in [2.24, 2.45) is 0 Å². The normalized spacial score (nSPS) is 14.8. The summed E-state index contributed by atoms with van der Waals surface area (Å²) >= 11 is 9.58. The molecule has 1 aromatic heterocycles. The smallest absolute Gasteiger partial charge is 0.338 e. The number of tetrazole rings is 1. The van der Waals surface area contributed by atoms with E-state index in [-0.39, 0.29) is 0 Å². The summed E-state index contributed by atoms with van der Waals surface area (Å²) in [5.41, 5.74) is 2.73. The number of esters is 1. The molecule has 3 aromatic rings. The fourth-order valence-electron chi connectivity index (χ4n) is 3.75. The van der Waals surface area contributed by atoms with Crippen LogP contribution in [0, 0.1) is 0 Å². The molecule has 1 N–H and O–H groups in total. The Bertz CT molecular complexity index is 1250. The number of aromatic nitrogens is 4. The zero-order chi connectivity index (χ0) is 24.9. The maximum Gasteiger partial charge on any atom is 0.338 e. The molecule has 1 aliphatic heterocycles. The van der Waals surface area contributed by atoms with Crippen molar-refractivity contribution in [2.75, 3.05) is 19.0 Å². The molecule has 0 fully saturated rings. The van der Waals surface area contributed by atoms with Crippen molar-refractivity contribution in [2.45, 2.75) is 39.3 Å². The highest BCUT2D eigenvalue weighted by Crippen LogP contribution is 2.43. The minimum Gasteiger partial charge on any atom is -0.493 e. The minimum absolute atomic E-state index is 0.323. The molecule has 11 heteroatoms. The topological polar surface area (TPSA) is 100 Å². The first kappa shape index (κ1) is 25.0. The zero-order valence-electron chi connectivity index (χ0n) is 19.5. The molecule has 0 bridgehead atoms. The highest BCUT2D eigenvalue weighted by Gasteiger charge is 2.36. The summed E-state index contributed by atoms with van der Waals surface area (Å²) in [6.45, 7) is 4.50. The third-order valence-corrected chi connectivity index (χ3v) is 6.37. The van der Waals surface area contributed by atoms with Crippen molar-refractivity contribution in [3.63, 3.8) is 0 Å². The Labute approximate surface area is 216 Å². The van der Waals surface area contributed by atoms with Crippen LogP contribution in [-0.2, 0) is 16.1 Å². The number of rotatable bonds is 9. The van der Waals surface area contributed by atoms with E-state index in [1.807, 2.05) is 43.3 Å². The highest BCUT2D eigenvalue weighted by molar-refractivity contribution is 9.10. The van der Waals surface area contributed by atoms with Gasteiger partial charge in [0.25, 0.3) is 0 Å². The minimum atomic E-state index is -0.620. The third-order valence-electron chi connectivity index (χ3n) is 5.53. The fourth-order valence-corrected chi connectivity index (χ4v) is 4.45. The molecule has 4 rings (SSSR count). The van der Waals surface area contributed by atoms with Crippen LogP contribution in [0.4, 0.5) is 5.95 Å². The molecule has 1 atom stereocenters.